The monoisotopic (exact) mass is 424 g/mol. The number of furan rings is 1. The van der Waals surface area contributed by atoms with Gasteiger partial charge in [0.25, 0.3) is 0 Å². The minimum Gasteiger partial charge on any atom is -0.496 e. The molecule has 6 nitrogen and oxygen atoms in total. The molecule has 1 aromatic heterocycles. The van der Waals surface area contributed by atoms with Gasteiger partial charge in [0, 0.05) is 16.5 Å². The van der Waals surface area contributed by atoms with Gasteiger partial charge in [0.05, 0.1) is 25.9 Å². The van der Waals surface area contributed by atoms with Crippen molar-refractivity contribution in [1.29, 1.82) is 0 Å². The lowest BCUT2D eigenvalue weighted by Gasteiger charge is -2.16. The maximum atomic E-state index is 13.4. The van der Waals surface area contributed by atoms with Gasteiger partial charge in [0.1, 0.15) is 22.6 Å². The smallest absolute Gasteiger partial charge is 0.310 e. The number of hydrogen-bond acceptors (Lipinski definition) is 5. The number of aliphatic carboxylic acids is 1. The molecule has 1 unspecified atom stereocenters. The van der Waals surface area contributed by atoms with Gasteiger partial charge in [-0.1, -0.05) is 26.2 Å². The fourth-order valence-electron chi connectivity index (χ4n) is 3.56. The van der Waals surface area contributed by atoms with Gasteiger partial charge in [0.15, 0.2) is 0 Å². The molecule has 1 heterocycles. The number of benzene rings is 2. The van der Waals surface area contributed by atoms with Crippen molar-refractivity contribution < 1.29 is 28.6 Å². The Balaban J connectivity index is 1.91. The van der Waals surface area contributed by atoms with Crippen LogP contribution >= 0.6 is 0 Å². The third-order valence-corrected chi connectivity index (χ3v) is 5.37. The molecule has 0 aliphatic heterocycles. The summed E-state index contributed by atoms with van der Waals surface area (Å²) in [6.45, 7) is 4.37. The molecule has 0 radical (unpaired) electrons. The minimum absolute atomic E-state index is 0.221. The molecule has 164 valence electrons. The zero-order chi connectivity index (χ0) is 22.4. The third-order valence-electron chi connectivity index (χ3n) is 5.37. The Labute approximate surface area is 181 Å². The summed E-state index contributed by atoms with van der Waals surface area (Å²) in [5.74, 6) is -1.22. The summed E-state index contributed by atoms with van der Waals surface area (Å²) in [5, 5.41) is 10.1. The lowest BCUT2D eigenvalue weighted by molar-refractivity contribution is -0.138. The molecular weight excluding hydrogens is 396 g/mol. The van der Waals surface area contributed by atoms with Crippen molar-refractivity contribution in [3.63, 3.8) is 0 Å². The highest BCUT2D eigenvalue weighted by molar-refractivity contribution is 6.17. The first-order valence-electron chi connectivity index (χ1n) is 10.6. The molecule has 0 saturated heterocycles. The highest BCUT2D eigenvalue weighted by Gasteiger charge is 2.28. The zero-order valence-electron chi connectivity index (χ0n) is 18.1. The van der Waals surface area contributed by atoms with E-state index in [2.05, 4.69) is 6.92 Å². The number of fused-ring (bicyclic) bond motifs is 1. The minimum atomic E-state index is -1.00. The van der Waals surface area contributed by atoms with Gasteiger partial charge in [0.2, 0.25) is 5.78 Å². The molecule has 1 atom stereocenters. The van der Waals surface area contributed by atoms with Crippen molar-refractivity contribution in [2.75, 3.05) is 13.7 Å². The van der Waals surface area contributed by atoms with E-state index in [1.165, 1.54) is 26.2 Å². The van der Waals surface area contributed by atoms with E-state index in [1.54, 1.807) is 43.3 Å². The number of carboxylic acids is 1. The van der Waals surface area contributed by atoms with E-state index >= 15 is 0 Å². The number of hydrogen-bond donors (Lipinski definition) is 1. The van der Waals surface area contributed by atoms with E-state index in [-0.39, 0.29) is 17.1 Å². The summed E-state index contributed by atoms with van der Waals surface area (Å²) in [6, 6.07) is 10.3. The van der Waals surface area contributed by atoms with E-state index in [1.807, 2.05) is 0 Å². The number of methoxy groups -OCH3 is 1. The van der Waals surface area contributed by atoms with Gasteiger partial charge in [-0.05, 0) is 49.7 Å². The predicted octanol–water partition coefficient (Wildman–Crippen LogP) is 5.82. The highest BCUT2D eigenvalue weighted by Crippen LogP contribution is 2.38. The number of rotatable bonds is 11. The van der Waals surface area contributed by atoms with Crippen LogP contribution in [0.15, 0.2) is 47.1 Å². The molecule has 0 bridgehead atoms. The average Bonchev–Trinajstić information content (AvgIpc) is 3.25. The number of carbonyl (C=O) groups excluding carboxylic acids is 1. The van der Waals surface area contributed by atoms with Crippen LogP contribution in [0.3, 0.4) is 0 Å². The van der Waals surface area contributed by atoms with Gasteiger partial charge in [-0.15, -0.1) is 0 Å². The highest BCUT2D eigenvalue weighted by atomic mass is 16.5. The first-order chi connectivity index (χ1) is 15.0. The van der Waals surface area contributed by atoms with Crippen LogP contribution in [0.4, 0.5) is 0 Å². The summed E-state index contributed by atoms with van der Waals surface area (Å²) in [4.78, 5) is 25.0. The lowest BCUT2D eigenvalue weighted by Crippen LogP contribution is -2.12. The second kappa shape index (κ2) is 10.2. The van der Waals surface area contributed by atoms with E-state index in [0.29, 0.717) is 34.5 Å². The van der Waals surface area contributed by atoms with E-state index in [9.17, 15) is 14.7 Å². The summed E-state index contributed by atoms with van der Waals surface area (Å²) < 4.78 is 16.8. The SMILES string of the molecule is CCCCCCOc1ccc(C(=O)c2c(OC)c(C(C)C(=O)O)cc3ccoc23)cc1. The Morgan fingerprint density at radius 2 is 1.84 bits per heavy atom. The van der Waals surface area contributed by atoms with Crippen LogP contribution in [0, 0.1) is 0 Å². The molecule has 0 aliphatic carbocycles. The molecule has 3 rings (SSSR count). The molecule has 0 amide bonds. The first kappa shape index (κ1) is 22.4. The third kappa shape index (κ3) is 4.90. The van der Waals surface area contributed by atoms with Crippen molar-refractivity contribution in [1.82, 2.24) is 0 Å². The van der Waals surface area contributed by atoms with Crippen molar-refractivity contribution in [2.24, 2.45) is 0 Å². The molecule has 0 fully saturated rings. The van der Waals surface area contributed by atoms with Crippen molar-refractivity contribution in [3.8, 4) is 11.5 Å². The Morgan fingerprint density at radius 1 is 1.10 bits per heavy atom. The fraction of sp³-hybridized carbons (Fsp3) is 0.360. The molecule has 0 saturated carbocycles. The Hall–Kier alpha value is -3.28. The first-order valence-corrected chi connectivity index (χ1v) is 10.6. The number of unbranched alkanes of at least 4 members (excludes halogenated alkanes) is 3. The molecule has 1 N–H and O–H groups in total. The van der Waals surface area contributed by atoms with Crippen LogP contribution in [0.2, 0.25) is 0 Å². The maximum Gasteiger partial charge on any atom is 0.310 e. The number of ketones is 1. The Bertz CT molecular complexity index is 1050. The quantitative estimate of drug-likeness (QED) is 0.308. The molecule has 6 heteroatoms. The molecule has 31 heavy (non-hydrogen) atoms. The Morgan fingerprint density at radius 3 is 2.48 bits per heavy atom. The molecular formula is C25H28O6. The average molecular weight is 424 g/mol. The van der Waals surface area contributed by atoms with Crippen LogP contribution in [0.25, 0.3) is 11.0 Å². The van der Waals surface area contributed by atoms with Crippen LogP contribution < -0.4 is 9.47 Å². The number of ether oxygens (including phenoxy) is 2. The van der Waals surface area contributed by atoms with Crippen LogP contribution in [0.5, 0.6) is 11.5 Å². The molecule has 3 aromatic rings. The van der Waals surface area contributed by atoms with Gasteiger partial charge < -0.3 is 19.0 Å². The van der Waals surface area contributed by atoms with Crippen LogP contribution in [-0.4, -0.2) is 30.6 Å². The van der Waals surface area contributed by atoms with Crippen LogP contribution in [0.1, 0.15) is 66.9 Å². The van der Waals surface area contributed by atoms with Crippen molar-refractivity contribution in [3.05, 3.63) is 59.4 Å². The van der Waals surface area contributed by atoms with Crippen molar-refractivity contribution >= 4 is 22.7 Å². The summed E-state index contributed by atoms with van der Waals surface area (Å²) in [5.41, 5.74) is 1.47. The number of carboxylic acid groups (broad SMARTS) is 1. The van der Waals surface area contributed by atoms with Crippen LogP contribution in [-0.2, 0) is 4.79 Å². The topological polar surface area (TPSA) is 86.0 Å². The number of carbonyl (C=O) groups is 2. The normalized spacial score (nSPS) is 12.0. The molecule has 2 aromatic carbocycles. The Kier molecular flexibility index (Phi) is 7.34. The van der Waals surface area contributed by atoms with Gasteiger partial charge in [-0.3, -0.25) is 9.59 Å². The van der Waals surface area contributed by atoms with E-state index in [0.717, 1.165) is 12.8 Å². The lowest BCUT2D eigenvalue weighted by atomic mass is 9.92. The van der Waals surface area contributed by atoms with Gasteiger partial charge >= 0.3 is 5.97 Å². The second-order valence-corrected chi connectivity index (χ2v) is 7.54. The van der Waals surface area contributed by atoms with Gasteiger partial charge in [-0.25, -0.2) is 0 Å². The second-order valence-electron chi connectivity index (χ2n) is 7.54. The maximum absolute atomic E-state index is 13.4. The standard InChI is InChI=1S/C25H28O6/c1-4-5-6-7-13-30-19-10-8-17(9-11-19)22(26)21-23-18(12-14-31-23)15-20(24(21)29-3)16(2)25(27)28/h8-12,14-16H,4-7,13H2,1-3H3,(H,27,28). The van der Waals surface area contributed by atoms with E-state index in [4.69, 9.17) is 13.9 Å². The van der Waals surface area contributed by atoms with Crippen molar-refractivity contribution in [2.45, 2.75) is 45.4 Å². The summed E-state index contributed by atoms with van der Waals surface area (Å²) in [7, 11) is 1.43. The predicted molar refractivity (Wildman–Crippen MR) is 118 cm³/mol. The fourth-order valence-corrected chi connectivity index (χ4v) is 3.56. The molecule has 0 aliphatic rings. The zero-order valence-corrected chi connectivity index (χ0v) is 18.1. The molecule has 0 spiro atoms. The van der Waals surface area contributed by atoms with E-state index < -0.39 is 11.9 Å². The summed E-state index contributed by atoms with van der Waals surface area (Å²) >= 11 is 0. The largest absolute Gasteiger partial charge is 0.496 e. The summed E-state index contributed by atoms with van der Waals surface area (Å²) in [6.07, 6.45) is 5.98. The van der Waals surface area contributed by atoms with Gasteiger partial charge in [-0.2, -0.15) is 0 Å².